The Morgan fingerprint density at radius 2 is 1.84 bits per heavy atom. The fraction of sp³-hybridized carbons (Fsp3) is 0.722. The highest BCUT2D eigenvalue weighted by Crippen LogP contribution is 2.28. The molecule has 2 fully saturated rings. The molecule has 3 heterocycles. The van der Waals surface area contributed by atoms with Gasteiger partial charge in [-0.1, -0.05) is 0 Å². The summed E-state index contributed by atoms with van der Waals surface area (Å²) in [7, 11) is 0. The molecule has 1 atom stereocenters. The highest BCUT2D eigenvalue weighted by molar-refractivity contribution is 7.80. The number of aromatic nitrogens is 2. The van der Waals surface area contributed by atoms with Gasteiger partial charge in [0.2, 0.25) is 5.95 Å². The first-order valence-corrected chi connectivity index (χ1v) is 10.0. The Morgan fingerprint density at radius 1 is 1.12 bits per heavy atom. The van der Waals surface area contributed by atoms with Crippen LogP contribution in [-0.4, -0.2) is 47.3 Å². The van der Waals surface area contributed by atoms with Crippen molar-refractivity contribution in [3.63, 3.8) is 0 Å². The van der Waals surface area contributed by atoms with Gasteiger partial charge < -0.3 is 20.4 Å². The van der Waals surface area contributed by atoms with Crippen LogP contribution in [0.4, 0.5) is 17.6 Å². The Hall–Kier alpha value is -1.63. The highest BCUT2D eigenvalue weighted by atomic mass is 32.1. The van der Waals surface area contributed by atoms with Crippen molar-refractivity contribution in [2.75, 3.05) is 41.3 Å². The Labute approximate surface area is 156 Å². The first-order chi connectivity index (χ1) is 12.2. The minimum absolute atomic E-state index is 0.520. The van der Waals surface area contributed by atoms with Crippen LogP contribution in [0.15, 0.2) is 6.07 Å². The maximum atomic E-state index is 5.33. The van der Waals surface area contributed by atoms with Crippen LogP contribution in [-0.2, 0) is 0 Å². The summed E-state index contributed by atoms with van der Waals surface area (Å²) in [6.07, 6.45) is 7.54. The Bertz CT molecular complexity index is 587. The van der Waals surface area contributed by atoms with Gasteiger partial charge in [-0.05, 0) is 64.6 Å². The van der Waals surface area contributed by atoms with Gasteiger partial charge in [0, 0.05) is 38.3 Å². The third kappa shape index (κ3) is 4.71. The van der Waals surface area contributed by atoms with E-state index < -0.39 is 0 Å². The van der Waals surface area contributed by atoms with E-state index in [0.717, 1.165) is 37.8 Å². The average molecular weight is 363 g/mol. The van der Waals surface area contributed by atoms with E-state index in [1.165, 1.54) is 38.5 Å². The van der Waals surface area contributed by atoms with Crippen LogP contribution >= 0.6 is 12.2 Å². The molecule has 2 N–H and O–H groups in total. The van der Waals surface area contributed by atoms with Crippen molar-refractivity contribution < 1.29 is 0 Å². The van der Waals surface area contributed by atoms with E-state index in [1.807, 2.05) is 6.92 Å². The fourth-order valence-corrected chi connectivity index (χ4v) is 3.89. The van der Waals surface area contributed by atoms with Crippen LogP contribution in [0, 0.1) is 0 Å². The lowest BCUT2D eigenvalue weighted by Crippen LogP contribution is -2.39. The molecule has 0 aromatic carbocycles. The van der Waals surface area contributed by atoms with Gasteiger partial charge in [-0.25, -0.2) is 0 Å². The number of hydrogen-bond acceptors (Lipinski definition) is 5. The van der Waals surface area contributed by atoms with Gasteiger partial charge in [0.25, 0.3) is 0 Å². The quantitative estimate of drug-likeness (QED) is 0.798. The number of nitrogens with one attached hydrogen (secondary N) is 2. The summed E-state index contributed by atoms with van der Waals surface area (Å²) in [6, 6.07) is 2.68. The second-order valence-electron chi connectivity index (χ2n) is 6.98. The summed E-state index contributed by atoms with van der Waals surface area (Å²) in [5, 5.41) is 6.85. The van der Waals surface area contributed by atoms with E-state index in [1.54, 1.807) is 0 Å². The van der Waals surface area contributed by atoms with Crippen molar-refractivity contribution in [1.29, 1.82) is 0 Å². The van der Waals surface area contributed by atoms with E-state index in [2.05, 4.69) is 33.4 Å². The Kier molecular flexibility index (Phi) is 6.29. The van der Waals surface area contributed by atoms with Crippen molar-refractivity contribution >= 4 is 34.9 Å². The fourth-order valence-electron chi connectivity index (χ4n) is 3.65. The molecule has 0 saturated carbocycles. The molecule has 0 spiro atoms. The van der Waals surface area contributed by atoms with Gasteiger partial charge in [-0.3, -0.25) is 0 Å². The molecule has 25 heavy (non-hydrogen) atoms. The molecule has 0 radical (unpaired) electrons. The Morgan fingerprint density at radius 3 is 2.56 bits per heavy atom. The van der Waals surface area contributed by atoms with Crippen LogP contribution in [0.25, 0.3) is 0 Å². The smallest absolute Gasteiger partial charge is 0.232 e. The minimum Gasteiger partial charge on any atom is -0.363 e. The monoisotopic (exact) mass is 362 g/mol. The van der Waals surface area contributed by atoms with E-state index in [9.17, 15) is 0 Å². The maximum Gasteiger partial charge on any atom is 0.232 e. The summed E-state index contributed by atoms with van der Waals surface area (Å²) in [4.78, 5) is 14.3. The lowest BCUT2D eigenvalue weighted by molar-refractivity contribution is 0.481. The molecular formula is C18H30N6S. The van der Waals surface area contributed by atoms with E-state index in [-0.39, 0.29) is 0 Å². The van der Waals surface area contributed by atoms with Crippen LogP contribution in [0.5, 0.6) is 0 Å². The van der Waals surface area contributed by atoms with Crippen molar-refractivity contribution in [3.8, 4) is 0 Å². The molecule has 1 aromatic heterocycles. The van der Waals surface area contributed by atoms with Crippen molar-refractivity contribution in [1.82, 2.24) is 15.3 Å². The van der Waals surface area contributed by atoms with Crippen molar-refractivity contribution in [2.45, 2.75) is 58.4 Å². The molecule has 2 aliphatic heterocycles. The molecule has 138 valence electrons. The zero-order valence-electron chi connectivity index (χ0n) is 15.4. The molecule has 0 bridgehead atoms. The standard InChI is InChI=1S/C18H30N6S/c1-3-19-18(25)22-17-20-15(23-10-6-4-7-11-23)13-16(21-17)24-12-8-5-9-14(24)2/h13-14H,3-12H2,1-2H3,(H2,19,20,21,22,25)/t14-/m0/s1. The van der Waals surface area contributed by atoms with Gasteiger partial charge in [-0.15, -0.1) is 0 Å². The van der Waals surface area contributed by atoms with Crippen LogP contribution in [0.3, 0.4) is 0 Å². The predicted molar refractivity (Wildman–Crippen MR) is 109 cm³/mol. The van der Waals surface area contributed by atoms with Gasteiger partial charge in [-0.2, -0.15) is 9.97 Å². The van der Waals surface area contributed by atoms with Gasteiger partial charge in [0.05, 0.1) is 0 Å². The SMILES string of the molecule is CCNC(=S)Nc1nc(N2CCCCC2)cc(N2CCCC[C@@H]2C)n1. The second-order valence-corrected chi connectivity index (χ2v) is 7.39. The summed E-state index contributed by atoms with van der Waals surface area (Å²) >= 11 is 5.33. The van der Waals surface area contributed by atoms with E-state index >= 15 is 0 Å². The molecule has 0 unspecified atom stereocenters. The van der Waals surface area contributed by atoms with E-state index in [4.69, 9.17) is 22.2 Å². The lowest BCUT2D eigenvalue weighted by Gasteiger charge is -2.35. The highest BCUT2D eigenvalue weighted by Gasteiger charge is 2.23. The molecule has 2 saturated heterocycles. The number of anilines is 3. The van der Waals surface area contributed by atoms with Gasteiger partial charge in [0.1, 0.15) is 11.6 Å². The van der Waals surface area contributed by atoms with Crippen LogP contribution in [0.2, 0.25) is 0 Å². The summed E-state index contributed by atoms with van der Waals surface area (Å²) < 4.78 is 0. The van der Waals surface area contributed by atoms with Crippen LogP contribution < -0.4 is 20.4 Å². The number of rotatable bonds is 4. The second kappa shape index (κ2) is 8.65. The summed E-state index contributed by atoms with van der Waals surface area (Å²) in [6.45, 7) is 8.31. The first-order valence-electron chi connectivity index (χ1n) is 9.63. The van der Waals surface area contributed by atoms with Crippen molar-refractivity contribution in [2.24, 2.45) is 0 Å². The van der Waals surface area contributed by atoms with E-state index in [0.29, 0.717) is 17.1 Å². The summed E-state index contributed by atoms with van der Waals surface area (Å²) in [5.41, 5.74) is 0. The third-order valence-corrected chi connectivity index (χ3v) is 5.29. The first kappa shape index (κ1) is 18.2. The Balaban J connectivity index is 1.88. The number of nitrogens with zero attached hydrogens (tertiary/aromatic N) is 4. The summed E-state index contributed by atoms with van der Waals surface area (Å²) in [5.74, 6) is 2.63. The normalized spacial score (nSPS) is 21.1. The molecule has 7 heteroatoms. The average Bonchev–Trinajstić information content (AvgIpc) is 2.63. The van der Waals surface area contributed by atoms with Crippen LogP contribution in [0.1, 0.15) is 52.4 Å². The zero-order valence-corrected chi connectivity index (χ0v) is 16.2. The van der Waals surface area contributed by atoms with Gasteiger partial charge in [0.15, 0.2) is 5.11 Å². The predicted octanol–water partition coefficient (Wildman–Crippen LogP) is 3.15. The number of thiocarbonyl (C=S) groups is 1. The molecule has 0 aliphatic carbocycles. The number of piperidine rings is 2. The zero-order chi connectivity index (χ0) is 17.6. The van der Waals surface area contributed by atoms with Crippen molar-refractivity contribution in [3.05, 3.63) is 6.07 Å². The third-order valence-electron chi connectivity index (χ3n) is 5.04. The molecule has 2 aliphatic rings. The maximum absolute atomic E-state index is 5.33. The molecule has 1 aromatic rings. The molecular weight excluding hydrogens is 332 g/mol. The topological polar surface area (TPSA) is 56.3 Å². The number of hydrogen-bond donors (Lipinski definition) is 2. The molecule has 6 nitrogen and oxygen atoms in total. The molecule has 0 amide bonds. The largest absolute Gasteiger partial charge is 0.363 e. The lowest BCUT2D eigenvalue weighted by atomic mass is 10.0. The van der Waals surface area contributed by atoms with Gasteiger partial charge >= 0.3 is 0 Å². The molecule has 3 rings (SSSR count). The minimum atomic E-state index is 0.520.